The predicted molar refractivity (Wildman–Crippen MR) is 94.8 cm³/mol. The monoisotopic (exact) mass is 336 g/mol. The Kier molecular flexibility index (Phi) is 4.09. The Bertz CT molecular complexity index is 855. The number of carbonyl (C=O) groups is 1. The van der Waals surface area contributed by atoms with Crippen LogP contribution in [0, 0.1) is 0 Å². The molecule has 0 unspecified atom stereocenters. The molecule has 6 nitrogen and oxygen atoms in total. The molecule has 1 atom stereocenters. The predicted octanol–water partition coefficient (Wildman–Crippen LogP) is 2.99. The summed E-state index contributed by atoms with van der Waals surface area (Å²) in [6.07, 6.45) is 7.30. The van der Waals surface area contributed by atoms with Crippen LogP contribution < -0.4 is 4.74 Å². The van der Waals surface area contributed by atoms with Crippen LogP contribution in [-0.4, -0.2) is 46.0 Å². The lowest BCUT2D eigenvalue weighted by Crippen LogP contribution is -2.39. The van der Waals surface area contributed by atoms with Gasteiger partial charge in [0.15, 0.2) is 0 Å². The zero-order valence-corrected chi connectivity index (χ0v) is 14.1. The average molecular weight is 336 g/mol. The summed E-state index contributed by atoms with van der Waals surface area (Å²) in [5.74, 6) is 0.855. The van der Waals surface area contributed by atoms with E-state index in [-0.39, 0.29) is 5.91 Å². The maximum absolute atomic E-state index is 12.8. The molecule has 3 aromatic rings. The van der Waals surface area contributed by atoms with Crippen molar-refractivity contribution in [1.29, 1.82) is 0 Å². The Balaban J connectivity index is 1.52. The highest BCUT2D eigenvalue weighted by Crippen LogP contribution is 2.29. The van der Waals surface area contributed by atoms with Gasteiger partial charge >= 0.3 is 0 Å². The Hall–Kier alpha value is -2.89. The molecule has 4 rings (SSSR count). The SMILES string of the molecule is COc1ccc(C(=O)N2CCC[C@H](c3cc4cnccc4[nH]3)C2)cn1. The number of piperidine rings is 1. The second-order valence-electron chi connectivity index (χ2n) is 6.37. The molecular formula is C19H20N4O2. The van der Waals surface area contributed by atoms with Gasteiger partial charge in [-0.15, -0.1) is 0 Å². The molecular weight excluding hydrogens is 316 g/mol. The van der Waals surface area contributed by atoms with E-state index in [1.807, 2.05) is 17.2 Å². The summed E-state index contributed by atoms with van der Waals surface area (Å²) in [6, 6.07) is 7.62. The topological polar surface area (TPSA) is 71.1 Å². The van der Waals surface area contributed by atoms with Crippen molar-refractivity contribution in [2.24, 2.45) is 0 Å². The van der Waals surface area contributed by atoms with Crippen LogP contribution >= 0.6 is 0 Å². The van der Waals surface area contributed by atoms with Crippen molar-refractivity contribution in [3.63, 3.8) is 0 Å². The van der Waals surface area contributed by atoms with Gasteiger partial charge in [-0.2, -0.15) is 0 Å². The number of hydrogen-bond acceptors (Lipinski definition) is 4. The van der Waals surface area contributed by atoms with Gasteiger partial charge in [-0.1, -0.05) is 0 Å². The molecule has 1 aliphatic rings. The number of aromatic nitrogens is 3. The Labute approximate surface area is 145 Å². The van der Waals surface area contributed by atoms with Crippen molar-refractivity contribution >= 4 is 16.8 Å². The summed E-state index contributed by atoms with van der Waals surface area (Å²) in [6.45, 7) is 1.49. The van der Waals surface area contributed by atoms with Crippen LogP contribution in [0.15, 0.2) is 42.9 Å². The third kappa shape index (κ3) is 3.07. The summed E-state index contributed by atoms with van der Waals surface area (Å²) in [5, 5.41) is 1.11. The first-order valence-electron chi connectivity index (χ1n) is 8.46. The van der Waals surface area contributed by atoms with Crippen LogP contribution in [0.3, 0.4) is 0 Å². The van der Waals surface area contributed by atoms with E-state index in [1.165, 1.54) is 5.69 Å². The molecule has 1 saturated heterocycles. The standard InChI is InChI=1S/C19H20N4O2/c1-25-18-5-4-13(11-21-18)19(24)23-8-2-3-14(12-23)17-9-15-10-20-7-6-16(15)22-17/h4-7,9-11,14,22H,2-3,8,12H2,1H3/t14-/m0/s1. The maximum Gasteiger partial charge on any atom is 0.255 e. The summed E-state index contributed by atoms with van der Waals surface area (Å²) < 4.78 is 5.05. The van der Waals surface area contributed by atoms with Crippen LogP contribution in [0.1, 0.15) is 34.8 Å². The van der Waals surface area contributed by atoms with Crippen LogP contribution in [0.4, 0.5) is 0 Å². The molecule has 0 aliphatic carbocycles. The van der Waals surface area contributed by atoms with Gasteiger partial charge < -0.3 is 14.6 Å². The number of rotatable bonds is 3. The van der Waals surface area contributed by atoms with Crippen LogP contribution in [-0.2, 0) is 0 Å². The first-order chi connectivity index (χ1) is 12.2. The lowest BCUT2D eigenvalue weighted by molar-refractivity contribution is 0.0705. The van der Waals surface area contributed by atoms with Gasteiger partial charge in [0.2, 0.25) is 5.88 Å². The van der Waals surface area contributed by atoms with Gasteiger partial charge in [0, 0.05) is 60.3 Å². The fourth-order valence-corrected chi connectivity index (χ4v) is 3.44. The van der Waals surface area contributed by atoms with E-state index in [0.29, 0.717) is 23.9 Å². The van der Waals surface area contributed by atoms with E-state index in [4.69, 9.17) is 4.74 Å². The van der Waals surface area contributed by atoms with Gasteiger partial charge in [0.1, 0.15) is 0 Å². The number of nitrogens with zero attached hydrogens (tertiary/aromatic N) is 3. The van der Waals surface area contributed by atoms with Crippen LogP contribution in [0.25, 0.3) is 10.9 Å². The molecule has 6 heteroatoms. The van der Waals surface area contributed by atoms with E-state index in [1.54, 1.807) is 31.6 Å². The molecule has 1 fully saturated rings. The quantitative estimate of drug-likeness (QED) is 0.798. The second-order valence-corrected chi connectivity index (χ2v) is 6.37. The molecule has 128 valence electrons. The molecule has 0 radical (unpaired) electrons. The minimum atomic E-state index is 0.0256. The summed E-state index contributed by atoms with van der Waals surface area (Å²) in [5.41, 5.74) is 2.86. The number of H-pyrrole nitrogens is 1. The summed E-state index contributed by atoms with van der Waals surface area (Å²) >= 11 is 0. The van der Waals surface area contributed by atoms with Crippen molar-refractivity contribution in [2.45, 2.75) is 18.8 Å². The molecule has 0 aromatic carbocycles. The van der Waals surface area contributed by atoms with Gasteiger partial charge in [0.05, 0.1) is 12.7 Å². The third-order valence-corrected chi connectivity index (χ3v) is 4.78. The van der Waals surface area contributed by atoms with Gasteiger partial charge in [-0.3, -0.25) is 9.78 Å². The molecule has 3 aromatic heterocycles. The average Bonchev–Trinajstić information content (AvgIpc) is 3.12. The normalized spacial score (nSPS) is 17.6. The maximum atomic E-state index is 12.8. The number of likely N-dealkylation sites (tertiary alicyclic amines) is 1. The van der Waals surface area contributed by atoms with Crippen molar-refractivity contribution in [1.82, 2.24) is 19.9 Å². The van der Waals surface area contributed by atoms with E-state index in [2.05, 4.69) is 21.0 Å². The number of methoxy groups -OCH3 is 1. The van der Waals surface area contributed by atoms with E-state index in [9.17, 15) is 4.79 Å². The van der Waals surface area contributed by atoms with Crippen molar-refractivity contribution < 1.29 is 9.53 Å². The number of carbonyl (C=O) groups excluding carboxylic acids is 1. The molecule has 0 bridgehead atoms. The minimum Gasteiger partial charge on any atom is -0.481 e. The number of amides is 1. The number of pyridine rings is 2. The van der Waals surface area contributed by atoms with E-state index in [0.717, 1.165) is 30.3 Å². The zero-order chi connectivity index (χ0) is 17.2. The third-order valence-electron chi connectivity index (χ3n) is 4.78. The van der Waals surface area contributed by atoms with Gasteiger partial charge in [-0.25, -0.2) is 4.98 Å². The summed E-state index contributed by atoms with van der Waals surface area (Å²) in [7, 11) is 1.56. The second kappa shape index (κ2) is 6.55. The number of ether oxygens (including phenoxy) is 1. The number of hydrogen-bond donors (Lipinski definition) is 1. The van der Waals surface area contributed by atoms with Crippen LogP contribution in [0.2, 0.25) is 0 Å². The molecule has 1 N–H and O–H groups in total. The number of fused-ring (bicyclic) bond motifs is 1. The highest BCUT2D eigenvalue weighted by molar-refractivity contribution is 5.94. The van der Waals surface area contributed by atoms with Crippen molar-refractivity contribution in [3.8, 4) is 5.88 Å². The first-order valence-corrected chi connectivity index (χ1v) is 8.46. The zero-order valence-electron chi connectivity index (χ0n) is 14.1. The highest BCUT2D eigenvalue weighted by atomic mass is 16.5. The number of aromatic amines is 1. The Morgan fingerprint density at radius 3 is 3.00 bits per heavy atom. The summed E-state index contributed by atoms with van der Waals surface area (Å²) in [4.78, 5) is 26.5. The van der Waals surface area contributed by atoms with E-state index >= 15 is 0 Å². The molecule has 1 aliphatic heterocycles. The lowest BCUT2D eigenvalue weighted by Gasteiger charge is -2.32. The molecule has 0 spiro atoms. The van der Waals surface area contributed by atoms with Crippen molar-refractivity contribution in [3.05, 3.63) is 54.1 Å². The van der Waals surface area contributed by atoms with Gasteiger partial charge in [0.25, 0.3) is 5.91 Å². The van der Waals surface area contributed by atoms with E-state index < -0.39 is 0 Å². The first kappa shape index (κ1) is 15.6. The Morgan fingerprint density at radius 2 is 2.24 bits per heavy atom. The minimum absolute atomic E-state index is 0.0256. The fraction of sp³-hybridized carbons (Fsp3) is 0.316. The molecule has 25 heavy (non-hydrogen) atoms. The molecule has 4 heterocycles. The fourth-order valence-electron chi connectivity index (χ4n) is 3.44. The molecule has 1 amide bonds. The number of nitrogens with one attached hydrogen (secondary N) is 1. The Morgan fingerprint density at radius 1 is 1.32 bits per heavy atom. The molecule has 0 saturated carbocycles. The lowest BCUT2D eigenvalue weighted by atomic mass is 9.94. The van der Waals surface area contributed by atoms with Gasteiger partial charge in [-0.05, 0) is 31.0 Å². The van der Waals surface area contributed by atoms with Crippen molar-refractivity contribution in [2.75, 3.05) is 20.2 Å². The smallest absolute Gasteiger partial charge is 0.255 e. The van der Waals surface area contributed by atoms with Crippen LogP contribution in [0.5, 0.6) is 5.88 Å². The highest BCUT2D eigenvalue weighted by Gasteiger charge is 2.26. The largest absolute Gasteiger partial charge is 0.481 e.